The Morgan fingerprint density at radius 1 is 1.30 bits per heavy atom. The lowest BCUT2D eigenvalue weighted by atomic mass is 10.1. The zero-order valence-electron chi connectivity index (χ0n) is 16.1. The number of phosphoric acid groups is 2. The molecule has 2 rings (SSSR count). The van der Waals surface area contributed by atoms with Gasteiger partial charge in [-0.25, -0.2) is 13.9 Å². The van der Waals surface area contributed by atoms with Gasteiger partial charge in [-0.05, 0) is 12.5 Å². The summed E-state index contributed by atoms with van der Waals surface area (Å²) in [6, 6.07) is -1.16. The van der Waals surface area contributed by atoms with Crippen molar-refractivity contribution < 1.29 is 56.2 Å². The summed E-state index contributed by atoms with van der Waals surface area (Å²) >= 11 is -0.495. The standard InChI is InChI=1S/C10H16N5O14P3S/c1-4-3-15(10(18)12-8(4)16)6-2-5(13-14-11)7(26-6)9(17)27-33-32(24,25)29-31(22,23)28-30(19,20)21/h3,5-7,9,17H,2H2,1H3,(H5-,12,16,18,19,20,21,22,23,24,25)/p+1/t5-,6+,7-,9?/m0/s1. The van der Waals surface area contributed by atoms with Gasteiger partial charge in [-0.3, -0.25) is 24.1 Å². The second kappa shape index (κ2) is 10.5. The van der Waals surface area contributed by atoms with Crippen LogP contribution in [0.4, 0.5) is 0 Å². The first-order valence-electron chi connectivity index (χ1n) is 8.24. The van der Waals surface area contributed by atoms with E-state index in [9.17, 15) is 33.6 Å². The van der Waals surface area contributed by atoms with E-state index in [2.05, 4.69) is 22.8 Å². The first-order chi connectivity index (χ1) is 15.0. The maximum Gasteiger partial charge on any atom is 0.571 e. The molecule has 0 radical (unpaired) electrons. The average Bonchev–Trinajstić information content (AvgIpc) is 3.04. The van der Waals surface area contributed by atoms with Crippen LogP contribution in [0, 0.1) is 6.92 Å². The molecule has 1 aliphatic heterocycles. The molecule has 186 valence electrons. The number of aliphatic hydroxyl groups excluding tert-OH is 1. The van der Waals surface area contributed by atoms with Crippen LogP contribution in [-0.2, 0) is 37.9 Å². The van der Waals surface area contributed by atoms with E-state index in [1.807, 2.05) is 4.98 Å². The number of H-pyrrole nitrogens is 1. The molecule has 0 amide bonds. The Kier molecular flexibility index (Phi) is 8.92. The number of rotatable bonds is 9. The number of aromatic amines is 1. The van der Waals surface area contributed by atoms with Gasteiger partial charge in [0.25, 0.3) is 5.56 Å². The molecule has 7 N–H and O–H groups in total. The second-order valence-corrected chi connectivity index (χ2v) is 12.6. The highest BCUT2D eigenvalue weighted by atomic mass is 32.5. The Morgan fingerprint density at radius 2 is 1.94 bits per heavy atom. The number of aryl methyl sites for hydroxylation is 1. The van der Waals surface area contributed by atoms with Crippen molar-refractivity contribution in [3.63, 3.8) is 0 Å². The third-order valence-electron chi connectivity index (χ3n) is 3.73. The molecule has 0 aliphatic carbocycles. The number of hydrogen-bond donors (Lipinski definition) is 7. The van der Waals surface area contributed by atoms with E-state index in [0.29, 0.717) is 0 Å². The quantitative estimate of drug-likeness (QED) is 0.0366. The number of nitrogens with zero attached hydrogens (tertiary/aromatic N) is 4. The van der Waals surface area contributed by atoms with Crippen molar-refractivity contribution in [1.29, 1.82) is 0 Å². The minimum absolute atomic E-state index is 0.146. The summed E-state index contributed by atoms with van der Waals surface area (Å²) in [4.78, 5) is 73.6. The largest absolute Gasteiger partial charge is 0.571 e. The Hall–Kier alpha value is -1.30. The molecule has 0 saturated carbocycles. The molecule has 33 heavy (non-hydrogen) atoms. The zero-order valence-corrected chi connectivity index (χ0v) is 19.6. The van der Waals surface area contributed by atoms with Crippen molar-refractivity contribution in [1.82, 2.24) is 9.55 Å². The summed E-state index contributed by atoms with van der Waals surface area (Å²) in [6.45, 7) is -3.67. The van der Waals surface area contributed by atoms with Crippen LogP contribution in [0.3, 0.4) is 0 Å². The molecular formula is C10H17N5O14P3S+. The minimum atomic E-state index is -5.67. The Morgan fingerprint density at radius 3 is 2.52 bits per heavy atom. The number of nitrogens with one attached hydrogen (secondary N) is 1. The third kappa shape index (κ3) is 8.15. The molecule has 1 aromatic heterocycles. The highest BCUT2D eigenvalue weighted by Crippen LogP contribution is 2.65. The van der Waals surface area contributed by atoms with Crippen molar-refractivity contribution in [2.24, 2.45) is 5.11 Å². The number of ether oxygens (including phenoxy) is 1. The highest BCUT2D eigenvalue weighted by Gasteiger charge is 2.47. The Bertz CT molecular complexity index is 1200. The monoisotopic (exact) mass is 556 g/mol. The lowest BCUT2D eigenvalue weighted by molar-refractivity contribution is -0.132. The molecule has 1 aliphatic rings. The molecule has 0 spiro atoms. The van der Waals surface area contributed by atoms with Crippen LogP contribution in [0.1, 0.15) is 18.2 Å². The molecule has 2 heterocycles. The Balaban J connectivity index is 2.21. The molecule has 1 aromatic rings. The van der Waals surface area contributed by atoms with Crippen LogP contribution in [0.15, 0.2) is 20.9 Å². The molecule has 19 nitrogen and oxygen atoms in total. The van der Waals surface area contributed by atoms with Gasteiger partial charge in [-0.1, -0.05) is 9.30 Å². The second-order valence-electron chi connectivity index (χ2n) is 6.22. The van der Waals surface area contributed by atoms with Crippen molar-refractivity contribution in [3.05, 3.63) is 43.0 Å². The lowest BCUT2D eigenvalue weighted by Gasteiger charge is -2.17. The van der Waals surface area contributed by atoms with Gasteiger partial charge in [-0.2, -0.15) is 8.62 Å². The van der Waals surface area contributed by atoms with Gasteiger partial charge < -0.3 is 24.5 Å². The fraction of sp³-hybridized carbons (Fsp3) is 0.600. The number of hydrogen-bond acceptors (Lipinski definition) is 10. The summed E-state index contributed by atoms with van der Waals surface area (Å²) in [7, 11) is -11.2. The van der Waals surface area contributed by atoms with Crippen LogP contribution in [0.5, 0.6) is 0 Å². The molecule has 0 aromatic carbocycles. The van der Waals surface area contributed by atoms with Crippen LogP contribution in [0.2, 0.25) is 0 Å². The third-order valence-corrected chi connectivity index (χ3v) is 9.00. The summed E-state index contributed by atoms with van der Waals surface area (Å²) in [5.74, 6) is 0. The fourth-order valence-corrected chi connectivity index (χ4v) is 7.10. The predicted molar refractivity (Wildman–Crippen MR) is 107 cm³/mol. The summed E-state index contributed by atoms with van der Waals surface area (Å²) in [6.07, 6.45) is -3.79. The van der Waals surface area contributed by atoms with E-state index in [-0.39, 0.29) is 12.0 Å². The van der Waals surface area contributed by atoms with E-state index in [1.54, 1.807) is 0 Å². The lowest BCUT2D eigenvalue weighted by Crippen LogP contribution is -2.36. The normalized spacial score (nSPS) is 24.0. The SMILES string of the molecule is Cc1cn([C@H]2C[C@H](N=[N+]=[N-])[C@@H](C(O)O[S+]=P(O)(O)OP(=O)(O)OP(=O)(O)O)O2)c(=O)[nH]c1=O. The van der Waals surface area contributed by atoms with Crippen molar-refractivity contribution in [2.45, 2.75) is 38.0 Å². The Labute approximate surface area is 186 Å². The van der Waals surface area contributed by atoms with Gasteiger partial charge in [-0.15, -0.1) is 0 Å². The average molecular weight is 556 g/mol. The molecule has 5 atom stereocenters. The minimum Gasteiger partial charge on any atom is -0.362 e. The van der Waals surface area contributed by atoms with E-state index in [1.165, 1.54) is 6.92 Å². The van der Waals surface area contributed by atoms with Gasteiger partial charge in [0, 0.05) is 23.1 Å². The molecule has 1 fully saturated rings. The van der Waals surface area contributed by atoms with Crippen LogP contribution in [0.25, 0.3) is 10.4 Å². The first kappa shape index (κ1) is 27.9. The fourth-order valence-electron chi connectivity index (χ4n) is 2.54. The topological polar surface area (TPSA) is 296 Å². The highest BCUT2D eigenvalue weighted by molar-refractivity contribution is 8.15. The zero-order chi connectivity index (χ0) is 25.2. The molecule has 2 unspecified atom stereocenters. The smallest absolute Gasteiger partial charge is 0.362 e. The first-order valence-corrected chi connectivity index (χ1v) is 14.2. The molecule has 0 bridgehead atoms. The van der Waals surface area contributed by atoms with E-state index in [4.69, 9.17) is 24.9 Å². The van der Waals surface area contributed by atoms with Crippen LogP contribution >= 0.6 is 22.4 Å². The van der Waals surface area contributed by atoms with Crippen molar-refractivity contribution in [3.8, 4) is 0 Å². The van der Waals surface area contributed by atoms with Crippen molar-refractivity contribution >= 4 is 33.6 Å². The van der Waals surface area contributed by atoms with Gasteiger partial charge in [0.2, 0.25) is 6.29 Å². The summed E-state index contributed by atoms with van der Waals surface area (Å²) in [5.41, 5.74) is 7.36. The van der Waals surface area contributed by atoms with E-state index in [0.717, 1.165) is 10.8 Å². The van der Waals surface area contributed by atoms with Gasteiger partial charge in [0.15, 0.2) is 0 Å². The van der Waals surface area contributed by atoms with Gasteiger partial charge in [0.05, 0.1) is 6.04 Å². The summed E-state index contributed by atoms with van der Waals surface area (Å²) in [5, 5.41) is 13.6. The molecular weight excluding hydrogens is 539 g/mol. The van der Waals surface area contributed by atoms with Gasteiger partial charge >= 0.3 is 39.3 Å². The molecule has 1 saturated heterocycles. The van der Waals surface area contributed by atoms with Crippen molar-refractivity contribution in [2.75, 3.05) is 0 Å². The maximum atomic E-state index is 12.0. The van der Waals surface area contributed by atoms with Crippen LogP contribution < -0.4 is 11.2 Å². The summed E-state index contributed by atoms with van der Waals surface area (Å²) < 4.78 is 40.4. The number of aromatic nitrogens is 2. The van der Waals surface area contributed by atoms with Crippen LogP contribution in [-0.4, -0.2) is 57.6 Å². The number of aliphatic hydroxyl groups is 1. The van der Waals surface area contributed by atoms with Gasteiger partial charge in [0.1, 0.15) is 12.3 Å². The number of azide groups is 1. The molecule has 23 heteroatoms. The maximum absolute atomic E-state index is 12.0. The predicted octanol–water partition coefficient (Wildman–Crippen LogP) is -0.967. The van der Waals surface area contributed by atoms with E-state index < -0.39 is 69.5 Å². The van der Waals surface area contributed by atoms with E-state index >= 15 is 0 Å².